The van der Waals surface area contributed by atoms with Crippen LogP contribution < -0.4 is 0 Å². The number of carbonyl (C=O) groups excluding carboxylic acids is 1. The molecule has 0 aromatic rings. The van der Waals surface area contributed by atoms with E-state index in [0.717, 1.165) is 12.8 Å². The molecule has 0 spiro atoms. The molecule has 0 unspecified atom stereocenters. The van der Waals surface area contributed by atoms with Crippen molar-refractivity contribution in [3.8, 4) is 0 Å². The van der Waals surface area contributed by atoms with Gasteiger partial charge in [-0.1, -0.05) is 58.9 Å². The molecule has 0 heterocycles. The molecule has 0 aliphatic carbocycles. The smallest absolute Gasteiger partial charge is 0.411 e. The lowest BCUT2D eigenvalue weighted by Crippen LogP contribution is -2.32. The highest BCUT2D eigenvalue weighted by Crippen LogP contribution is 2.21. The van der Waals surface area contributed by atoms with Gasteiger partial charge in [0.15, 0.2) is 0 Å². The van der Waals surface area contributed by atoms with Gasteiger partial charge in [0.1, 0.15) is 5.76 Å². The number of nitrogens with zero attached hydrogens (tertiary/aromatic N) is 1. The highest BCUT2D eigenvalue weighted by atomic mass is 16.6. The van der Waals surface area contributed by atoms with Gasteiger partial charge in [-0.25, -0.2) is 4.79 Å². The van der Waals surface area contributed by atoms with E-state index in [2.05, 4.69) is 39.5 Å². The molecule has 0 saturated heterocycles. The van der Waals surface area contributed by atoms with Crippen LogP contribution >= 0.6 is 0 Å². The molecule has 0 aromatic heterocycles. The Balaban J connectivity index is 5.08. The molecule has 0 aliphatic heterocycles. The molecule has 0 N–H and O–H groups in total. The third-order valence-electron chi connectivity index (χ3n) is 2.71. The highest BCUT2D eigenvalue weighted by molar-refractivity contribution is 5.73. The first kappa shape index (κ1) is 17.7. The first-order valence-electron chi connectivity index (χ1n) is 6.39. The van der Waals surface area contributed by atoms with Crippen LogP contribution in [0.2, 0.25) is 0 Å². The zero-order valence-corrected chi connectivity index (χ0v) is 12.3. The van der Waals surface area contributed by atoms with Crippen LogP contribution in [0.4, 0.5) is 4.79 Å². The van der Waals surface area contributed by atoms with Gasteiger partial charge in [0, 0.05) is 12.2 Å². The van der Waals surface area contributed by atoms with E-state index in [1.54, 1.807) is 6.08 Å². The Bertz CT molecular complexity index is 458. The van der Waals surface area contributed by atoms with Crippen LogP contribution in [0, 0.1) is 0 Å². The first-order chi connectivity index (χ1) is 9.38. The second kappa shape index (κ2) is 8.75. The predicted molar refractivity (Wildman–Crippen MR) is 85.0 cm³/mol. The first-order valence-corrected chi connectivity index (χ1v) is 6.39. The number of hydrogen-bond acceptors (Lipinski definition) is 2. The van der Waals surface area contributed by atoms with E-state index >= 15 is 0 Å². The Morgan fingerprint density at radius 2 is 1.75 bits per heavy atom. The minimum atomic E-state index is -0.550. The largest absolute Gasteiger partial charge is 0.419 e. The molecule has 108 valence electrons. The lowest BCUT2D eigenvalue weighted by atomic mass is 10.1. The highest BCUT2D eigenvalue weighted by Gasteiger charge is 2.20. The summed E-state index contributed by atoms with van der Waals surface area (Å²) in [5.74, 6) is 0.192. The fourth-order valence-corrected chi connectivity index (χ4v) is 1.33. The Morgan fingerprint density at radius 1 is 1.15 bits per heavy atom. The van der Waals surface area contributed by atoms with E-state index in [4.69, 9.17) is 4.74 Å². The van der Waals surface area contributed by atoms with Gasteiger partial charge >= 0.3 is 6.09 Å². The van der Waals surface area contributed by atoms with Gasteiger partial charge < -0.3 is 4.74 Å². The maximum absolute atomic E-state index is 12.1. The Hall–Kier alpha value is -2.29. The summed E-state index contributed by atoms with van der Waals surface area (Å²) in [6, 6.07) is 0. The van der Waals surface area contributed by atoms with Crippen molar-refractivity contribution < 1.29 is 9.53 Å². The molecule has 0 bridgehead atoms. The van der Waals surface area contributed by atoms with Gasteiger partial charge in [0.25, 0.3) is 0 Å². The quantitative estimate of drug-likeness (QED) is 0.448. The summed E-state index contributed by atoms with van der Waals surface area (Å²) in [5, 5.41) is 0. The molecule has 0 radical (unpaired) electrons. The zero-order valence-electron chi connectivity index (χ0n) is 12.3. The van der Waals surface area contributed by atoms with E-state index in [1.807, 2.05) is 6.92 Å². The predicted octanol–water partition coefficient (Wildman–Crippen LogP) is 4.74. The number of rotatable bonds is 9. The molecule has 3 nitrogen and oxygen atoms in total. The molecule has 1 amide bonds. The third kappa shape index (κ3) is 5.14. The van der Waals surface area contributed by atoms with Crippen LogP contribution in [0.3, 0.4) is 0 Å². The molecular weight excluding hydrogens is 250 g/mol. The van der Waals surface area contributed by atoms with E-state index in [9.17, 15) is 4.79 Å². The van der Waals surface area contributed by atoms with Gasteiger partial charge in [-0.15, -0.1) is 0 Å². The van der Waals surface area contributed by atoms with Crippen molar-refractivity contribution in [3.05, 3.63) is 74.2 Å². The number of carbonyl (C=O) groups is 1. The SMILES string of the molecule is C=CC(=C)OC(=O)N(CCCC)C(=C)C(=C)C(=C)C=C. The molecule has 0 aromatic carbocycles. The second-order valence-electron chi connectivity index (χ2n) is 4.20. The maximum atomic E-state index is 12.1. The van der Waals surface area contributed by atoms with Crippen molar-refractivity contribution in [1.29, 1.82) is 0 Å². The fourth-order valence-electron chi connectivity index (χ4n) is 1.33. The van der Waals surface area contributed by atoms with Gasteiger partial charge in [0.2, 0.25) is 0 Å². The average molecular weight is 273 g/mol. The fraction of sp³-hybridized carbons (Fsp3) is 0.235. The summed E-state index contributed by atoms with van der Waals surface area (Å²) in [4.78, 5) is 13.5. The molecular formula is C17H23NO2. The number of hydrogen-bond donors (Lipinski definition) is 0. The van der Waals surface area contributed by atoms with E-state index in [-0.39, 0.29) is 5.76 Å². The minimum absolute atomic E-state index is 0.192. The summed E-state index contributed by atoms with van der Waals surface area (Å²) < 4.78 is 5.06. The Labute approximate surface area is 121 Å². The zero-order chi connectivity index (χ0) is 15.7. The van der Waals surface area contributed by atoms with E-state index < -0.39 is 6.09 Å². The Kier molecular flexibility index (Phi) is 7.75. The van der Waals surface area contributed by atoms with Gasteiger partial charge in [-0.2, -0.15) is 0 Å². The molecule has 3 heteroatoms. The van der Waals surface area contributed by atoms with E-state index in [0.29, 0.717) is 23.4 Å². The van der Waals surface area contributed by atoms with Crippen LogP contribution in [0.25, 0.3) is 0 Å². The monoisotopic (exact) mass is 273 g/mol. The maximum Gasteiger partial charge on any atom is 0.419 e. The van der Waals surface area contributed by atoms with Gasteiger partial charge in [0.05, 0.1) is 0 Å². The third-order valence-corrected chi connectivity index (χ3v) is 2.71. The summed E-state index contributed by atoms with van der Waals surface area (Å²) in [6.07, 6.45) is 4.15. The second-order valence-corrected chi connectivity index (χ2v) is 4.20. The van der Waals surface area contributed by atoms with Crippen molar-refractivity contribution in [2.24, 2.45) is 0 Å². The van der Waals surface area contributed by atoms with Gasteiger partial charge in [-0.05, 0) is 23.6 Å². The minimum Gasteiger partial charge on any atom is -0.411 e. The standard InChI is InChI=1S/C17H23NO2/c1-8-11-12-18(17(19)20-14(5)10-3)16(7)15(6)13(4)9-2/h9-10H,2-8,11-12H2,1H3. The lowest BCUT2D eigenvalue weighted by molar-refractivity contribution is 0.144. The number of allylic oxidation sites excluding steroid dienone is 3. The topological polar surface area (TPSA) is 29.5 Å². The van der Waals surface area contributed by atoms with Crippen molar-refractivity contribution in [3.63, 3.8) is 0 Å². The van der Waals surface area contributed by atoms with Gasteiger partial charge in [-0.3, -0.25) is 4.90 Å². The molecule has 0 rings (SSSR count). The molecule has 20 heavy (non-hydrogen) atoms. The molecule has 0 atom stereocenters. The van der Waals surface area contributed by atoms with Crippen LogP contribution in [0.15, 0.2) is 74.2 Å². The normalized spacial score (nSPS) is 9.25. The summed E-state index contributed by atoms with van der Waals surface area (Å²) in [7, 11) is 0. The van der Waals surface area contributed by atoms with Crippen molar-refractivity contribution in [1.82, 2.24) is 4.90 Å². The molecule has 0 saturated carbocycles. The van der Waals surface area contributed by atoms with Crippen LogP contribution in [-0.4, -0.2) is 17.5 Å². The van der Waals surface area contributed by atoms with Crippen LogP contribution in [-0.2, 0) is 4.74 Å². The van der Waals surface area contributed by atoms with Crippen molar-refractivity contribution >= 4 is 6.09 Å². The van der Waals surface area contributed by atoms with E-state index in [1.165, 1.54) is 11.0 Å². The van der Waals surface area contributed by atoms with Crippen molar-refractivity contribution in [2.45, 2.75) is 19.8 Å². The Morgan fingerprint density at radius 3 is 2.20 bits per heavy atom. The van der Waals surface area contributed by atoms with Crippen LogP contribution in [0.1, 0.15) is 19.8 Å². The summed E-state index contributed by atoms with van der Waals surface area (Å²) >= 11 is 0. The number of ether oxygens (including phenoxy) is 1. The van der Waals surface area contributed by atoms with Crippen LogP contribution in [0.5, 0.6) is 0 Å². The number of amides is 1. The molecule has 0 aliphatic rings. The summed E-state index contributed by atoms with van der Waals surface area (Å²) in [5.41, 5.74) is 1.62. The number of unbranched alkanes of at least 4 members (excludes halogenated alkanes) is 1. The summed E-state index contributed by atoms with van der Waals surface area (Å²) in [6.45, 7) is 24.8. The average Bonchev–Trinajstić information content (AvgIpc) is 2.45. The van der Waals surface area contributed by atoms with Crippen molar-refractivity contribution in [2.75, 3.05) is 6.54 Å². The molecule has 0 fully saturated rings. The lowest BCUT2D eigenvalue weighted by Gasteiger charge is -2.25.